The molecule has 29 heavy (non-hydrogen) atoms. The van der Waals surface area contributed by atoms with E-state index in [0.29, 0.717) is 21.4 Å². The first kappa shape index (κ1) is 19.6. The molecule has 1 atom stereocenters. The molecule has 0 saturated heterocycles. The topological polar surface area (TPSA) is 78.7 Å². The third-order valence-corrected chi connectivity index (χ3v) is 6.53. The Morgan fingerprint density at radius 1 is 1.31 bits per heavy atom. The Kier molecular flexibility index (Phi) is 5.60. The first-order valence-electron chi connectivity index (χ1n) is 9.15. The van der Waals surface area contributed by atoms with Crippen molar-refractivity contribution in [1.82, 2.24) is 9.97 Å². The quantitative estimate of drug-likeness (QED) is 0.594. The van der Waals surface area contributed by atoms with E-state index in [2.05, 4.69) is 21.4 Å². The molecule has 1 aliphatic rings. The summed E-state index contributed by atoms with van der Waals surface area (Å²) in [7, 11) is 0. The Hall–Kier alpha value is -2.76. The molecule has 0 bridgehead atoms. The number of hydrogen-bond acceptors (Lipinski definition) is 6. The Morgan fingerprint density at radius 3 is 2.86 bits per heavy atom. The van der Waals surface area contributed by atoms with Crippen LogP contribution in [-0.2, 0) is 17.6 Å². The molecule has 3 aromatic rings. The lowest BCUT2D eigenvalue weighted by molar-refractivity contribution is -0.115. The van der Waals surface area contributed by atoms with E-state index in [1.165, 1.54) is 35.2 Å². The number of benzene rings is 1. The molecule has 8 heteroatoms. The van der Waals surface area contributed by atoms with Crippen LogP contribution in [0.15, 0.2) is 40.7 Å². The monoisotopic (exact) mass is 424 g/mol. The highest BCUT2D eigenvalue weighted by Gasteiger charge is 2.22. The standard InChI is InChI=1S/C21H17FN4OS2/c1-12(29-20-15(10-23)9-14-3-2-4-17(14)24-20)19(27)26-21-25-18(11-28-21)13-5-7-16(22)8-6-13/h5-9,11-12H,2-4H2,1H3,(H,25,26,27). The highest BCUT2D eigenvalue weighted by molar-refractivity contribution is 8.00. The molecule has 0 aliphatic heterocycles. The number of aromatic nitrogens is 2. The van der Waals surface area contributed by atoms with E-state index >= 15 is 0 Å². The van der Waals surface area contributed by atoms with Crippen LogP contribution in [0.25, 0.3) is 11.3 Å². The number of rotatable bonds is 5. The molecule has 0 saturated carbocycles. The molecule has 1 unspecified atom stereocenters. The van der Waals surface area contributed by atoms with Crippen LogP contribution in [0.3, 0.4) is 0 Å². The van der Waals surface area contributed by atoms with Crippen LogP contribution < -0.4 is 5.32 Å². The molecule has 5 nitrogen and oxygen atoms in total. The zero-order valence-electron chi connectivity index (χ0n) is 15.6. The number of aryl methyl sites for hydroxylation is 2. The van der Waals surface area contributed by atoms with Gasteiger partial charge in [-0.05, 0) is 62.1 Å². The van der Waals surface area contributed by atoms with Gasteiger partial charge in [-0.15, -0.1) is 11.3 Å². The number of nitrogens with zero attached hydrogens (tertiary/aromatic N) is 3. The summed E-state index contributed by atoms with van der Waals surface area (Å²) in [5.41, 5.74) is 4.15. The van der Waals surface area contributed by atoms with Crippen LogP contribution in [0.1, 0.15) is 30.2 Å². The average Bonchev–Trinajstić information content (AvgIpc) is 3.36. The second-order valence-corrected chi connectivity index (χ2v) is 8.89. The van der Waals surface area contributed by atoms with E-state index in [1.807, 2.05) is 11.4 Å². The number of thioether (sulfide) groups is 1. The van der Waals surface area contributed by atoms with Gasteiger partial charge in [0.1, 0.15) is 16.9 Å². The summed E-state index contributed by atoms with van der Waals surface area (Å²) in [4.78, 5) is 21.6. The molecule has 0 spiro atoms. The number of nitriles is 1. The molecule has 1 aliphatic carbocycles. The number of nitrogens with one attached hydrogen (secondary N) is 1. The van der Waals surface area contributed by atoms with Gasteiger partial charge in [0.25, 0.3) is 0 Å². The molecule has 2 aromatic heterocycles. The number of amides is 1. The molecule has 0 fully saturated rings. The van der Waals surface area contributed by atoms with E-state index in [1.54, 1.807) is 19.1 Å². The lowest BCUT2D eigenvalue weighted by Gasteiger charge is -2.12. The van der Waals surface area contributed by atoms with Gasteiger partial charge in [-0.25, -0.2) is 14.4 Å². The highest BCUT2D eigenvalue weighted by atomic mass is 32.2. The number of pyridine rings is 1. The Bertz CT molecular complexity index is 1100. The summed E-state index contributed by atoms with van der Waals surface area (Å²) in [6.45, 7) is 1.78. The lowest BCUT2D eigenvalue weighted by atomic mass is 10.2. The van der Waals surface area contributed by atoms with Crippen molar-refractivity contribution in [1.29, 1.82) is 5.26 Å². The Morgan fingerprint density at radius 2 is 2.10 bits per heavy atom. The second-order valence-electron chi connectivity index (χ2n) is 6.71. The van der Waals surface area contributed by atoms with Crippen molar-refractivity contribution < 1.29 is 9.18 Å². The van der Waals surface area contributed by atoms with Crippen LogP contribution in [-0.4, -0.2) is 21.1 Å². The average molecular weight is 425 g/mol. The van der Waals surface area contributed by atoms with Crippen molar-refractivity contribution >= 4 is 34.1 Å². The molecular formula is C21H17FN4OS2. The van der Waals surface area contributed by atoms with E-state index in [4.69, 9.17) is 0 Å². The van der Waals surface area contributed by atoms with Gasteiger partial charge in [-0.1, -0.05) is 11.8 Å². The molecule has 1 N–H and O–H groups in total. The van der Waals surface area contributed by atoms with Crippen molar-refractivity contribution in [3.63, 3.8) is 0 Å². The maximum Gasteiger partial charge on any atom is 0.239 e. The fourth-order valence-electron chi connectivity index (χ4n) is 3.14. The van der Waals surface area contributed by atoms with Crippen LogP contribution in [0.2, 0.25) is 0 Å². The van der Waals surface area contributed by atoms with Gasteiger partial charge in [-0.2, -0.15) is 5.26 Å². The summed E-state index contributed by atoms with van der Waals surface area (Å²) < 4.78 is 13.1. The van der Waals surface area contributed by atoms with Crippen molar-refractivity contribution in [2.45, 2.75) is 36.5 Å². The van der Waals surface area contributed by atoms with E-state index in [9.17, 15) is 14.4 Å². The van der Waals surface area contributed by atoms with Crippen LogP contribution in [0, 0.1) is 17.1 Å². The van der Waals surface area contributed by atoms with Crippen LogP contribution in [0.5, 0.6) is 0 Å². The molecule has 0 radical (unpaired) electrons. The number of fused-ring (bicyclic) bond motifs is 1. The summed E-state index contributed by atoms with van der Waals surface area (Å²) in [5, 5.41) is 14.7. The highest BCUT2D eigenvalue weighted by Crippen LogP contribution is 2.31. The van der Waals surface area contributed by atoms with Crippen molar-refractivity contribution in [3.8, 4) is 17.3 Å². The van der Waals surface area contributed by atoms with Crippen molar-refractivity contribution in [3.05, 3.63) is 58.3 Å². The molecule has 1 aromatic carbocycles. The first-order valence-corrected chi connectivity index (χ1v) is 10.9. The van der Waals surface area contributed by atoms with Crippen molar-refractivity contribution in [2.24, 2.45) is 0 Å². The van der Waals surface area contributed by atoms with Gasteiger partial charge in [0, 0.05) is 16.6 Å². The molecule has 2 heterocycles. The third-order valence-electron chi connectivity index (χ3n) is 4.67. The molecule has 1 amide bonds. The van der Waals surface area contributed by atoms with Gasteiger partial charge in [0.05, 0.1) is 16.5 Å². The normalized spacial score (nSPS) is 13.6. The second kappa shape index (κ2) is 8.31. The third kappa shape index (κ3) is 4.31. The summed E-state index contributed by atoms with van der Waals surface area (Å²) in [5.74, 6) is -0.513. The molecule has 4 rings (SSSR count). The maximum absolute atomic E-state index is 13.1. The van der Waals surface area contributed by atoms with Gasteiger partial charge < -0.3 is 5.32 Å². The van der Waals surface area contributed by atoms with E-state index in [0.717, 1.165) is 36.1 Å². The van der Waals surface area contributed by atoms with Crippen LogP contribution >= 0.6 is 23.1 Å². The molecule has 146 valence electrons. The fourth-order valence-corrected chi connectivity index (χ4v) is 4.75. The zero-order valence-corrected chi connectivity index (χ0v) is 17.2. The van der Waals surface area contributed by atoms with Gasteiger partial charge >= 0.3 is 0 Å². The smallest absolute Gasteiger partial charge is 0.239 e. The summed E-state index contributed by atoms with van der Waals surface area (Å²) >= 11 is 2.59. The minimum absolute atomic E-state index is 0.207. The van der Waals surface area contributed by atoms with Gasteiger partial charge in [0.15, 0.2) is 5.13 Å². The number of carbonyl (C=O) groups is 1. The predicted molar refractivity (Wildman–Crippen MR) is 112 cm³/mol. The van der Waals surface area contributed by atoms with Crippen LogP contribution in [0.4, 0.5) is 9.52 Å². The van der Waals surface area contributed by atoms with E-state index < -0.39 is 5.25 Å². The van der Waals surface area contributed by atoms with Gasteiger partial charge in [0.2, 0.25) is 5.91 Å². The number of anilines is 1. The number of thiazole rings is 1. The maximum atomic E-state index is 13.1. The predicted octanol–water partition coefficient (Wildman–Crippen LogP) is 4.82. The van der Waals surface area contributed by atoms with E-state index in [-0.39, 0.29) is 11.7 Å². The van der Waals surface area contributed by atoms with Gasteiger partial charge in [-0.3, -0.25) is 4.79 Å². The minimum atomic E-state index is -0.438. The SMILES string of the molecule is CC(Sc1nc2c(cc1C#N)CCC2)C(=O)Nc1nc(-c2ccc(F)cc2)cs1. The fraction of sp³-hybridized carbons (Fsp3) is 0.238. The number of halogens is 1. The zero-order chi connectivity index (χ0) is 20.4. The minimum Gasteiger partial charge on any atom is -0.301 e. The Labute approximate surface area is 176 Å². The number of hydrogen-bond donors (Lipinski definition) is 1. The summed E-state index contributed by atoms with van der Waals surface area (Å²) in [6.07, 6.45) is 2.93. The summed E-state index contributed by atoms with van der Waals surface area (Å²) in [6, 6.07) is 10.1. The lowest BCUT2D eigenvalue weighted by Crippen LogP contribution is -2.22. The van der Waals surface area contributed by atoms with Crippen molar-refractivity contribution in [2.75, 3.05) is 5.32 Å². The largest absolute Gasteiger partial charge is 0.301 e. The Balaban J connectivity index is 1.44. The first-order chi connectivity index (χ1) is 14.0. The number of carbonyl (C=O) groups excluding carboxylic acids is 1. The molecular weight excluding hydrogens is 407 g/mol.